The van der Waals surface area contributed by atoms with Gasteiger partial charge in [-0.1, -0.05) is 80.6 Å². The second-order valence-electron chi connectivity index (χ2n) is 6.25. The molecule has 3 unspecified atom stereocenters. The minimum atomic E-state index is 0.519. The Morgan fingerprint density at radius 3 is 1.69 bits per heavy atom. The lowest BCUT2D eigenvalue weighted by Gasteiger charge is -2.45. The van der Waals surface area contributed by atoms with Gasteiger partial charge in [-0.05, 0) is 23.2 Å². The molecule has 0 fully saturated rings. The maximum Gasteiger partial charge on any atom is -0.0251 e. The van der Waals surface area contributed by atoms with Crippen LogP contribution < -0.4 is 0 Å². The van der Waals surface area contributed by atoms with Crippen LogP contribution in [0.2, 0.25) is 0 Å². The zero-order valence-electron chi connectivity index (χ0n) is 12.8. The first-order valence-corrected chi connectivity index (χ1v) is 7.41. The molecule has 16 heavy (non-hydrogen) atoms. The fraction of sp³-hybridized carbons (Fsp3) is 1.00. The van der Waals surface area contributed by atoms with Crippen molar-refractivity contribution < 1.29 is 0 Å². The fourth-order valence-electron chi connectivity index (χ4n) is 3.19. The number of hydrogen-bond acceptors (Lipinski definition) is 0. The predicted octanol–water partition coefficient (Wildman–Crippen LogP) is 5.91. The molecule has 0 aromatic rings. The Labute approximate surface area is 104 Å². The summed E-state index contributed by atoms with van der Waals surface area (Å²) in [6.45, 7) is 16.9. The molecule has 0 aromatic carbocycles. The lowest BCUT2D eigenvalue weighted by Crippen LogP contribution is -2.37. The molecule has 0 nitrogen and oxygen atoms in total. The van der Waals surface area contributed by atoms with Crippen molar-refractivity contribution in [3.05, 3.63) is 0 Å². The van der Waals surface area contributed by atoms with E-state index >= 15 is 0 Å². The second-order valence-corrected chi connectivity index (χ2v) is 6.25. The van der Waals surface area contributed by atoms with E-state index in [1.807, 2.05) is 0 Å². The van der Waals surface area contributed by atoms with Gasteiger partial charge in [0.15, 0.2) is 0 Å². The third kappa shape index (κ3) is 3.79. The van der Waals surface area contributed by atoms with Gasteiger partial charge in [0, 0.05) is 0 Å². The molecule has 0 heteroatoms. The first-order valence-electron chi connectivity index (χ1n) is 7.41. The van der Waals surface area contributed by atoms with E-state index in [1.165, 1.54) is 32.1 Å². The Morgan fingerprint density at radius 2 is 1.31 bits per heavy atom. The fourth-order valence-corrected chi connectivity index (χ4v) is 3.19. The summed E-state index contributed by atoms with van der Waals surface area (Å²) in [5.41, 5.74) is 0.519. The van der Waals surface area contributed by atoms with E-state index in [0.717, 1.165) is 17.8 Å². The van der Waals surface area contributed by atoms with Crippen LogP contribution >= 0.6 is 0 Å². The van der Waals surface area contributed by atoms with Crippen molar-refractivity contribution in [3.8, 4) is 0 Å². The van der Waals surface area contributed by atoms with Crippen LogP contribution in [0.3, 0.4) is 0 Å². The minimum absolute atomic E-state index is 0.519. The van der Waals surface area contributed by atoms with Crippen molar-refractivity contribution in [2.75, 3.05) is 0 Å². The molecule has 0 radical (unpaired) electrons. The Balaban J connectivity index is 4.66. The molecule has 0 rings (SSSR count). The SMILES string of the molecule is CCCCC(C)C(C)(C(C)C)C(C)CCC. The zero-order chi connectivity index (χ0) is 12.8. The Kier molecular flexibility index (Phi) is 7.35. The lowest BCUT2D eigenvalue weighted by atomic mass is 9.60. The summed E-state index contributed by atoms with van der Waals surface area (Å²) in [6, 6.07) is 0. The van der Waals surface area contributed by atoms with E-state index in [-0.39, 0.29) is 0 Å². The summed E-state index contributed by atoms with van der Waals surface area (Å²) in [5, 5.41) is 0. The van der Waals surface area contributed by atoms with Crippen LogP contribution in [-0.4, -0.2) is 0 Å². The van der Waals surface area contributed by atoms with Crippen molar-refractivity contribution in [3.63, 3.8) is 0 Å². The summed E-state index contributed by atoms with van der Waals surface area (Å²) >= 11 is 0. The first kappa shape index (κ1) is 16.0. The highest BCUT2D eigenvalue weighted by molar-refractivity contribution is 4.87. The van der Waals surface area contributed by atoms with E-state index in [4.69, 9.17) is 0 Å². The molecular formula is C16H34. The van der Waals surface area contributed by atoms with Crippen molar-refractivity contribution in [2.24, 2.45) is 23.2 Å². The lowest BCUT2D eigenvalue weighted by molar-refractivity contribution is 0.0420. The molecule has 0 N–H and O–H groups in total. The molecule has 0 saturated heterocycles. The highest BCUT2D eigenvalue weighted by Crippen LogP contribution is 2.46. The highest BCUT2D eigenvalue weighted by Gasteiger charge is 2.38. The first-order chi connectivity index (χ1) is 7.41. The summed E-state index contributed by atoms with van der Waals surface area (Å²) in [5.74, 6) is 2.50. The van der Waals surface area contributed by atoms with Crippen LogP contribution in [0.4, 0.5) is 0 Å². The van der Waals surface area contributed by atoms with Crippen molar-refractivity contribution >= 4 is 0 Å². The predicted molar refractivity (Wildman–Crippen MR) is 75.7 cm³/mol. The average Bonchev–Trinajstić information content (AvgIpc) is 2.24. The Morgan fingerprint density at radius 1 is 0.812 bits per heavy atom. The molecule has 3 atom stereocenters. The maximum absolute atomic E-state index is 2.53. The second kappa shape index (κ2) is 7.35. The van der Waals surface area contributed by atoms with E-state index in [1.54, 1.807) is 0 Å². The summed E-state index contributed by atoms with van der Waals surface area (Å²) < 4.78 is 0. The van der Waals surface area contributed by atoms with Crippen molar-refractivity contribution in [1.82, 2.24) is 0 Å². The van der Waals surface area contributed by atoms with Crippen LogP contribution in [0, 0.1) is 23.2 Å². The number of unbranched alkanes of at least 4 members (excludes halogenated alkanes) is 1. The van der Waals surface area contributed by atoms with Crippen LogP contribution in [0.15, 0.2) is 0 Å². The minimum Gasteiger partial charge on any atom is -0.0654 e. The normalized spacial score (nSPS) is 19.5. The van der Waals surface area contributed by atoms with Gasteiger partial charge in [0.1, 0.15) is 0 Å². The van der Waals surface area contributed by atoms with Gasteiger partial charge in [0.25, 0.3) is 0 Å². The molecule has 0 bridgehead atoms. The smallest absolute Gasteiger partial charge is 0.0251 e. The summed E-state index contributed by atoms with van der Waals surface area (Å²) in [6.07, 6.45) is 6.83. The van der Waals surface area contributed by atoms with Crippen LogP contribution in [0.5, 0.6) is 0 Å². The third-order valence-corrected chi connectivity index (χ3v) is 5.08. The molecule has 0 aliphatic heterocycles. The van der Waals surface area contributed by atoms with Gasteiger partial charge < -0.3 is 0 Å². The van der Waals surface area contributed by atoms with Crippen molar-refractivity contribution in [1.29, 1.82) is 0 Å². The molecule has 0 heterocycles. The van der Waals surface area contributed by atoms with Gasteiger partial charge in [0.05, 0.1) is 0 Å². The van der Waals surface area contributed by atoms with E-state index in [9.17, 15) is 0 Å². The topological polar surface area (TPSA) is 0 Å². The molecule has 0 aliphatic rings. The molecule has 0 amide bonds. The Hall–Kier alpha value is 0. The maximum atomic E-state index is 2.53. The standard InChI is InChI=1S/C16H34/c1-8-10-12-15(6)16(7,13(3)4)14(5)11-9-2/h13-15H,8-12H2,1-7H3. The molecule has 0 spiro atoms. The van der Waals surface area contributed by atoms with Gasteiger partial charge in [-0.2, -0.15) is 0 Å². The van der Waals surface area contributed by atoms with Crippen LogP contribution in [-0.2, 0) is 0 Å². The Bertz CT molecular complexity index is 171. The van der Waals surface area contributed by atoms with E-state index in [2.05, 4.69) is 48.5 Å². The van der Waals surface area contributed by atoms with Crippen LogP contribution in [0.1, 0.15) is 80.6 Å². The summed E-state index contributed by atoms with van der Waals surface area (Å²) in [7, 11) is 0. The van der Waals surface area contributed by atoms with Gasteiger partial charge in [-0.15, -0.1) is 0 Å². The quantitative estimate of drug-likeness (QED) is 0.482. The summed E-state index contributed by atoms with van der Waals surface area (Å²) in [4.78, 5) is 0. The van der Waals surface area contributed by atoms with Gasteiger partial charge in [-0.25, -0.2) is 0 Å². The van der Waals surface area contributed by atoms with Gasteiger partial charge in [0.2, 0.25) is 0 Å². The van der Waals surface area contributed by atoms with Crippen molar-refractivity contribution in [2.45, 2.75) is 80.6 Å². The van der Waals surface area contributed by atoms with E-state index < -0.39 is 0 Å². The highest BCUT2D eigenvalue weighted by atomic mass is 14.4. The average molecular weight is 226 g/mol. The molecule has 0 saturated carbocycles. The molecule has 0 aliphatic carbocycles. The third-order valence-electron chi connectivity index (χ3n) is 5.08. The van der Waals surface area contributed by atoms with Gasteiger partial charge >= 0.3 is 0 Å². The number of hydrogen-bond donors (Lipinski definition) is 0. The van der Waals surface area contributed by atoms with E-state index in [0.29, 0.717) is 5.41 Å². The number of rotatable bonds is 8. The molecule has 0 aromatic heterocycles. The largest absolute Gasteiger partial charge is 0.0654 e. The van der Waals surface area contributed by atoms with Gasteiger partial charge in [-0.3, -0.25) is 0 Å². The molecular weight excluding hydrogens is 192 g/mol. The monoisotopic (exact) mass is 226 g/mol. The zero-order valence-corrected chi connectivity index (χ0v) is 12.8. The van der Waals surface area contributed by atoms with Crippen LogP contribution in [0.25, 0.3) is 0 Å². The molecule has 98 valence electrons.